The molecule has 0 aromatic carbocycles. The molecule has 14 heavy (non-hydrogen) atoms. The van der Waals surface area contributed by atoms with Gasteiger partial charge >= 0.3 is 0 Å². The van der Waals surface area contributed by atoms with E-state index in [0.29, 0.717) is 5.54 Å². The van der Waals surface area contributed by atoms with Crippen LogP contribution in [0.5, 0.6) is 0 Å². The summed E-state index contributed by atoms with van der Waals surface area (Å²) in [4.78, 5) is 0. The van der Waals surface area contributed by atoms with Crippen molar-refractivity contribution in [3.63, 3.8) is 0 Å². The van der Waals surface area contributed by atoms with Gasteiger partial charge in [-0.25, -0.2) is 0 Å². The molecule has 80 valence electrons. The topological polar surface area (TPSA) is 12.0 Å². The molecule has 4 aliphatic carbocycles. The van der Waals surface area contributed by atoms with Crippen LogP contribution in [-0.4, -0.2) is 12.1 Å². The van der Waals surface area contributed by atoms with Crippen molar-refractivity contribution in [3.05, 3.63) is 0 Å². The van der Waals surface area contributed by atoms with Crippen LogP contribution in [0.4, 0.5) is 0 Å². The zero-order valence-corrected chi connectivity index (χ0v) is 9.39. The van der Waals surface area contributed by atoms with Crippen molar-refractivity contribution in [1.82, 2.24) is 5.32 Å². The Morgan fingerprint density at radius 3 is 3.00 bits per heavy atom. The van der Waals surface area contributed by atoms with Crippen molar-refractivity contribution >= 4 is 0 Å². The van der Waals surface area contributed by atoms with E-state index in [1.54, 1.807) is 6.42 Å². The van der Waals surface area contributed by atoms with Crippen LogP contribution < -0.4 is 5.32 Å². The van der Waals surface area contributed by atoms with Crippen molar-refractivity contribution in [3.8, 4) is 0 Å². The van der Waals surface area contributed by atoms with E-state index in [0.717, 1.165) is 17.8 Å². The number of fused-ring (bicyclic) bond motifs is 1. The Balaban J connectivity index is 1.88. The molecule has 1 N–H and O–H groups in total. The first kappa shape index (κ1) is 9.21. The van der Waals surface area contributed by atoms with Gasteiger partial charge in [0.15, 0.2) is 0 Å². The molecule has 0 aromatic rings. The third-order valence-electron chi connectivity index (χ3n) is 5.18. The van der Waals surface area contributed by atoms with Crippen LogP contribution in [0.1, 0.15) is 51.9 Å². The predicted octanol–water partition coefficient (Wildman–Crippen LogP) is 2.95. The summed E-state index contributed by atoms with van der Waals surface area (Å²) in [7, 11) is 0. The molecule has 0 aliphatic heterocycles. The molecule has 0 amide bonds. The van der Waals surface area contributed by atoms with E-state index in [1.807, 2.05) is 0 Å². The Kier molecular flexibility index (Phi) is 2.12. The Labute approximate surface area is 87.7 Å². The lowest BCUT2D eigenvalue weighted by molar-refractivity contribution is -0.0428. The van der Waals surface area contributed by atoms with Gasteiger partial charge in [-0.15, -0.1) is 0 Å². The number of hydrogen-bond donors (Lipinski definition) is 1. The highest BCUT2D eigenvalue weighted by Gasteiger charge is 2.52. The van der Waals surface area contributed by atoms with E-state index in [2.05, 4.69) is 12.2 Å². The van der Waals surface area contributed by atoms with Crippen LogP contribution in [0, 0.1) is 17.8 Å². The van der Waals surface area contributed by atoms with Gasteiger partial charge in [-0.1, -0.05) is 26.2 Å². The first-order valence-electron chi connectivity index (χ1n) is 6.59. The van der Waals surface area contributed by atoms with E-state index >= 15 is 0 Å². The van der Waals surface area contributed by atoms with E-state index in [9.17, 15) is 0 Å². The molecule has 0 spiro atoms. The van der Waals surface area contributed by atoms with Gasteiger partial charge in [0.2, 0.25) is 0 Å². The molecule has 4 fully saturated rings. The summed E-state index contributed by atoms with van der Waals surface area (Å²) in [5, 5.41) is 3.86. The molecule has 0 radical (unpaired) electrons. The second-order valence-electron chi connectivity index (χ2n) is 5.83. The molecular weight excluding hydrogens is 170 g/mol. The van der Waals surface area contributed by atoms with Crippen molar-refractivity contribution in [2.45, 2.75) is 57.4 Å². The largest absolute Gasteiger partial charge is 0.311 e. The monoisotopic (exact) mass is 193 g/mol. The fourth-order valence-corrected chi connectivity index (χ4v) is 4.87. The molecule has 0 aromatic heterocycles. The minimum absolute atomic E-state index is 0.596. The molecule has 0 heterocycles. The Morgan fingerprint density at radius 2 is 2.21 bits per heavy atom. The van der Waals surface area contributed by atoms with Crippen LogP contribution in [0.3, 0.4) is 0 Å². The van der Waals surface area contributed by atoms with E-state index < -0.39 is 0 Å². The quantitative estimate of drug-likeness (QED) is 0.711. The SMILES string of the molecule is CCN[C@]12CCC[C@@H]3C[C@@H](CC[C@@H]31)C2. The molecule has 4 aliphatic rings. The first-order chi connectivity index (χ1) is 6.84. The van der Waals surface area contributed by atoms with Gasteiger partial charge in [0.05, 0.1) is 0 Å². The summed E-state index contributed by atoms with van der Waals surface area (Å²) in [5.74, 6) is 3.21. The molecule has 0 unspecified atom stereocenters. The normalized spacial score (nSPS) is 50.8. The lowest BCUT2D eigenvalue weighted by Crippen LogP contribution is -2.61. The van der Waals surface area contributed by atoms with Crippen LogP contribution >= 0.6 is 0 Å². The maximum absolute atomic E-state index is 3.86. The van der Waals surface area contributed by atoms with Crippen molar-refractivity contribution in [1.29, 1.82) is 0 Å². The average molecular weight is 193 g/mol. The highest BCUT2D eigenvalue weighted by atomic mass is 15.0. The van der Waals surface area contributed by atoms with Crippen LogP contribution in [-0.2, 0) is 0 Å². The van der Waals surface area contributed by atoms with Gasteiger partial charge in [0.1, 0.15) is 0 Å². The number of nitrogens with one attached hydrogen (secondary N) is 1. The Bertz CT molecular complexity index is 221. The molecule has 4 saturated carbocycles. The molecule has 4 rings (SSSR count). The maximum Gasteiger partial charge on any atom is 0.0214 e. The molecule has 4 atom stereocenters. The van der Waals surface area contributed by atoms with Gasteiger partial charge in [-0.05, 0) is 50.0 Å². The fourth-order valence-electron chi connectivity index (χ4n) is 4.87. The summed E-state index contributed by atoms with van der Waals surface area (Å²) < 4.78 is 0. The third-order valence-corrected chi connectivity index (χ3v) is 5.18. The van der Waals surface area contributed by atoms with Crippen molar-refractivity contribution in [2.24, 2.45) is 17.8 Å². The number of hydrogen-bond acceptors (Lipinski definition) is 1. The second-order valence-corrected chi connectivity index (χ2v) is 5.83. The molecular formula is C13H23N. The zero-order chi connectivity index (χ0) is 9.60. The summed E-state index contributed by atoms with van der Waals surface area (Å²) in [6, 6.07) is 0. The lowest BCUT2D eigenvalue weighted by Gasteiger charge is -2.59. The van der Waals surface area contributed by atoms with E-state index in [-0.39, 0.29) is 0 Å². The van der Waals surface area contributed by atoms with E-state index in [1.165, 1.54) is 45.1 Å². The summed E-state index contributed by atoms with van der Waals surface area (Å²) >= 11 is 0. The van der Waals surface area contributed by atoms with Crippen molar-refractivity contribution in [2.75, 3.05) is 6.54 Å². The minimum Gasteiger partial charge on any atom is -0.311 e. The third kappa shape index (κ3) is 1.18. The minimum atomic E-state index is 0.596. The van der Waals surface area contributed by atoms with Crippen LogP contribution in [0.2, 0.25) is 0 Å². The summed E-state index contributed by atoms with van der Waals surface area (Å²) in [6.45, 7) is 3.45. The predicted molar refractivity (Wildman–Crippen MR) is 59.2 cm³/mol. The van der Waals surface area contributed by atoms with Gasteiger partial charge in [0.25, 0.3) is 0 Å². The molecule has 4 bridgehead atoms. The molecule has 0 saturated heterocycles. The van der Waals surface area contributed by atoms with Crippen molar-refractivity contribution < 1.29 is 0 Å². The van der Waals surface area contributed by atoms with Gasteiger partial charge in [-0.3, -0.25) is 0 Å². The Hall–Kier alpha value is -0.0400. The maximum atomic E-state index is 3.86. The van der Waals surface area contributed by atoms with Gasteiger partial charge in [-0.2, -0.15) is 0 Å². The fraction of sp³-hybridized carbons (Fsp3) is 1.00. The molecule has 1 nitrogen and oxygen atoms in total. The van der Waals surface area contributed by atoms with Crippen LogP contribution in [0.25, 0.3) is 0 Å². The second kappa shape index (κ2) is 3.23. The highest BCUT2D eigenvalue weighted by molar-refractivity contribution is 5.08. The average Bonchev–Trinajstić information content (AvgIpc) is 2.18. The summed E-state index contributed by atoms with van der Waals surface area (Å²) in [6.07, 6.45) is 10.6. The summed E-state index contributed by atoms with van der Waals surface area (Å²) in [5.41, 5.74) is 0.596. The number of rotatable bonds is 2. The molecule has 1 heteroatoms. The zero-order valence-electron chi connectivity index (χ0n) is 9.39. The van der Waals surface area contributed by atoms with Crippen LogP contribution in [0.15, 0.2) is 0 Å². The van der Waals surface area contributed by atoms with E-state index in [4.69, 9.17) is 0 Å². The Morgan fingerprint density at radius 1 is 1.29 bits per heavy atom. The van der Waals surface area contributed by atoms with Gasteiger partial charge in [0, 0.05) is 5.54 Å². The highest BCUT2D eigenvalue weighted by Crippen LogP contribution is 2.56. The standard InChI is InChI=1S/C13H23N/c1-2-14-13-7-3-4-11-8-10(9-13)5-6-12(11)13/h10-12,14H,2-9H2,1H3/t10-,11-,12+,13+/m1/s1. The smallest absolute Gasteiger partial charge is 0.0214 e. The lowest BCUT2D eigenvalue weighted by atomic mass is 9.51. The van der Waals surface area contributed by atoms with Gasteiger partial charge < -0.3 is 5.32 Å². The first-order valence-corrected chi connectivity index (χ1v) is 6.59.